The fourth-order valence-corrected chi connectivity index (χ4v) is 3.56. The molecule has 4 aromatic rings. The van der Waals surface area contributed by atoms with E-state index in [1.807, 2.05) is 23.1 Å². The van der Waals surface area contributed by atoms with Gasteiger partial charge in [0.1, 0.15) is 5.75 Å². The van der Waals surface area contributed by atoms with Gasteiger partial charge in [0.05, 0.1) is 13.2 Å². The summed E-state index contributed by atoms with van der Waals surface area (Å²) in [6, 6.07) is 23.7. The molecule has 0 fully saturated rings. The van der Waals surface area contributed by atoms with Crippen molar-refractivity contribution in [3.63, 3.8) is 0 Å². The molecule has 0 aliphatic rings. The van der Waals surface area contributed by atoms with E-state index in [4.69, 9.17) is 4.74 Å². The molecule has 0 saturated carbocycles. The van der Waals surface area contributed by atoms with Gasteiger partial charge in [-0.15, -0.1) is 0 Å². The Morgan fingerprint density at radius 3 is 2.54 bits per heavy atom. The SMILES string of the molecule is CCCc1ccc(Cn2cccn2)cc1OCCc1ccc2ccccc2c1. The highest BCUT2D eigenvalue weighted by atomic mass is 16.5. The van der Waals surface area contributed by atoms with Gasteiger partial charge in [0.15, 0.2) is 0 Å². The van der Waals surface area contributed by atoms with Crippen LogP contribution in [0.5, 0.6) is 5.75 Å². The molecule has 0 radical (unpaired) electrons. The summed E-state index contributed by atoms with van der Waals surface area (Å²) >= 11 is 0. The van der Waals surface area contributed by atoms with Crippen molar-refractivity contribution >= 4 is 10.8 Å². The van der Waals surface area contributed by atoms with Gasteiger partial charge >= 0.3 is 0 Å². The third-order valence-corrected chi connectivity index (χ3v) is 5.02. The molecule has 1 heterocycles. The summed E-state index contributed by atoms with van der Waals surface area (Å²) in [5, 5.41) is 6.87. The number of aromatic nitrogens is 2. The van der Waals surface area contributed by atoms with Crippen molar-refractivity contribution in [2.45, 2.75) is 32.7 Å². The van der Waals surface area contributed by atoms with Crippen LogP contribution in [0.3, 0.4) is 0 Å². The zero-order chi connectivity index (χ0) is 19.2. The molecule has 0 bridgehead atoms. The summed E-state index contributed by atoms with van der Waals surface area (Å²) in [4.78, 5) is 0. The summed E-state index contributed by atoms with van der Waals surface area (Å²) in [7, 11) is 0. The predicted molar refractivity (Wildman–Crippen MR) is 115 cm³/mol. The van der Waals surface area contributed by atoms with Gasteiger partial charge in [-0.2, -0.15) is 5.10 Å². The fourth-order valence-electron chi connectivity index (χ4n) is 3.56. The zero-order valence-corrected chi connectivity index (χ0v) is 16.3. The maximum absolute atomic E-state index is 6.24. The van der Waals surface area contributed by atoms with E-state index < -0.39 is 0 Å². The van der Waals surface area contributed by atoms with Gasteiger partial charge in [-0.1, -0.05) is 67.9 Å². The van der Waals surface area contributed by atoms with Crippen molar-refractivity contribution in [1.82, 2.24) is 9.78 Å². The van der Waals surface area contributed by atoms with Crippen LogP contribution in [0.2, 0.25) is 0 Å². The summed E-state index contributed by atoms with van der Waals surface area (Å²) in [6.45, 7) is 3.65. The van der Waals surface area contributed by atoms with Crippen molar-refractivity contribution in [2.24, 2.45) is 0 Å². The molecule has 1 aromatic heterocycles. The lowest BCUT2D eigenvalue weighted by Crippen LogP contribution is -2.06. The van der Waals surface area contributed by atoms with Gasteiger partial charge in [0.25, 0.3) is 0 Å². The molecule has 3 nitrogen and oxygen atoms in total. The Hall–Kier alpha value is -3.07. The van der Waals surface area contributed by atoms with E-state index in [0.717, 1.165) is 31.6 Å². The normalized spacial score (nSPS) is 11.0. The minimum absolute atomic E-state index is 0.681. The lowest BCUT2D eigenvalue weighted by Gasteiger charge is -2.14. The molecular formula is C25H26N2O. The van der Waals surface area contributed by atoms with Crippen molar-refractivity contribution in [3.8, 4) is 5.75 Å². The molecule has 0 atom stereocenters. The van der Waals surface area contributed by atoms with E-state index >= 15 is 0 Å². The topological polar surface area (TPSA) is 27.1 Å². The highest BCUT2D eigenvalue weighted by molar-refractivity contribution is 5.82. The maximum Gasteiger partial charge on any atom is 0.122 e. The van der Waals surface area contributed by atoms with Crippen molar-refractivity contribution in [3.05, 3.63) is 95.8 Å². The van der Waals surface area contributed by atoms with Crippen LogP contribution >= 0.6 is 0 Å². The lowest BCUT2D eigenvalue weighted by atomic mass is 10.0. The number of aryl methyl sites for hydroxylation is 1. The van der Waals surface area contributed by atoms with Crippen LogP contribution in [0.4, 0.5) is 0 Å². The Labute approximate surface area is 166 Å². The first kappa shape index (κ1) is 18.3. The standard InChI is InChI=1S/C25H26N2O/c1-2-6-23-12-10-21(19-27-15-5-14-26-27)18-25(23)28-16-13-20-9-11-22-7-3-4-8-24(22)17-20/h3-5,7-12,14-15,17-18H,2,6,13,16,19H2,1H3. The molecule has 142 valence electrons. The van der Waals surface area contributed by atoms with Crippen molar-refractivity contribution in [2.75, 3.05) is 6.61 Å². The third-order valence-electron chi connectivity index (χ3n) is 5.02. The summed E-state index contributed by atoms with van der Waals surface area (Å²) < 4.78 is 8.17. The molecule has 0 N–H and O–H groups in total. The average Bonchev–Trinajstić information content (AvgIpc) is 3.23. The monoisotopic (exact) mass is 370 g/mol. The Morgan fingerprint density at radius 1 is 0.857 bits per heavy atom. The Morgan fingerprint density at radius 2 is 1.71 bits per heavy atom. The molecule has 0 unspecified atom stereocenters. The summed E-state index contributed by atoms with van der Waals surface area (Å²) in [5.41, 5.74) is 3.80. The van der Waals surface area contributed by atoms with Crippen molar-refractivity contribution < 1.29 is 4.74 Å². The Kier molecular flexibility index (Phi) is 5.72. The van der Waals surface area contributed by atoms with E-state index in [9.17, 15) is 0 Å². The Balaban J connectivity index is 1.45. The van der Waals surface area contributed by atoms with Crippen LogP contribution in [-0.2, 0) is 19.4 Å². The highest BCUT2D eigenvalue weighted by Crippen LogP contribution is 2.23. The molecule has 3 aromatic carbocycles. The second kappa shape index (κ2) is 8.75. The van der Waals surface area contributed by atoms with Crippen LogP contribution in [0.15, 0.2) is 79.1 Å². The molecule has 0 saturated heterocycles. The fraction of sp³-hybridized carbons (Fsp3) is 0.240. The number of ether oxygens (including phenoxy) is 1. The van der Waals surface area contributed by atoms with Gasteiger partial charge in [0.2, 0.25) is 0 Å². The Bertz CT molecular complexity index is 1040. The van der Waals surface area contributed by atoms with Crippen LogP contribution in [0.25, 0.3) is 10.8 Å². The van der Waals surface area contributed by atoms with Crippen LogP contribution in [0.1, 0.15) is 30.0 Å². The van der Waals surface area contributed by atoms with Crippen LogP contribution < -0.4 is 4.74 Å². The average molecular weight is 370 g/mol. The maximum atomic E-state index is 6.24. The smallest absolute Gasteiger partial charge is 0.122 e. The molecule has 0 aliphatic heterocycles. The second-order valence-corrected chi connectivity index (χ2v) is 7.18. The molecule has 0 aliphatic carbocycles. The minimum Gasteiger partial charge on any atom is -0.493 e. The number of hydrogen-bond acceptors (Lipinski definition) is 2. The number of benzene rings is 3. The summed E-state index contributed by atoms with van der Waals surface area (Å²) in [6.07, 6.45) is 6.85. The van der Waals surface area contributed by atoms with E-state index in [1.165, 1.54) is 27.5 Å². The number of nitrogens with zero attached hydrogens (tertiary/aromatic N) is 2. The third kappa shape index (κ3) is 4.42. The summed E-state index contributed by atoms with van der Waals surface area (Å²) in [5.74, 6) is 1.01. The second-order valence-electron chi connectivity index (χ2n) is 7.18. The number of hydrogen-bond donors (Lipinski definition) is 0. The first-order chi connectivity index (χ1) is 13.8. The van der Waals surface area contributed by atoms with Gasteiger partial charge in [-0.05, 0) is 46.0 Å². The lowest BCUT2D eigenvalue weighted by molar-refractivity contribution is 0.318. The van der Waals surface area contributed by atoms with Gasteiger partial charge in [0, 0.05) is 18.8 Å². The highest BCUT2D eigenvalue weighted by Gasteiger charge is 2.07. The minimum atomic E-state index is 0.681. The molecule has 28 heavy (non-hydrogen) atoms. The largest absolute Gasteiger partial charge is 0.493 e. The first-order valence-electron chi connectivity index (χ1n) is 10.0. The van der Waals surface area contributed by atoms with Crippen molar-refractivity contribution in [1.29, 1.82) is 0 Å². The first-order valence-corrected chi connectivity index (χ1v) is 10.0. The molecule has 3 heteroatoms. The predicted octanol–water partition coefficient (Wildman–Crippen LogP) is 5.66. The van der Waals surface area contributed by atoms with Gasteiger partial charge in [-0.3, -0.25) is 4.68 Å². The van der Waals surface area contributed by atoms with Gasteiger partial charge in [-0.25, -0.2) is 0 Å². The van der Waals surface area contributed by atoms with E-state index in [-0.39, 0.29) is 0 Å². The van der Waals surface area contributed by atoms with Gasteiger partial charge < -0.3 is 4.74 Å². The van der Waals surface area contributed by atoms with Crippen LogP contribution in [-0.4, -0.2) is 16.4 Å². The number of rotatable bonds is 8. The molecule has 0 amide bonds. The molecule has 0 spiro atoms. The molecule has 4 rings (SSSR count). The van der Waals surface area contributed by atoms with E-state index in [2.05, 4.69) is 72.7 Å². The quantitative estimate of drug-likeness (QED) is 0.400. The molecular weight excluding hydrogens is 344 g/mol. The van der Waals surface area contributed by atoms with Crippen LogP contribution in [0, 0.1) is 0 Å². The number of fused-ring (bicyclic) bond motifs is 1. The zero-order valence-electron chi connectivity index (χ0n) is 16.3. The van der Waals surface area contributed by atoms with E-state index in [0.29, 0.717) is 6.61 Å². The van der Waals surface area contributed by atoms with E-state index in [1.54, 1.807) is 0 Å².